The molecule has 21 heavy (non-hydrogen) atoms. The van der Waals surface area contributed by atoms with E-state index in [9.17, 15) is 0 Å². The third-order valence-corrected chi connectivity index (χ3v) is 3.72. The van der Waals surface area contributed by atoms with Crippen molar-refractivity contribution in [2.24, 2.45) is 5.84 Å². The van der Waals surface area contributed by atoms with Crippen molar-refractivity contribution in [3.8, 4) is 0 Å². The molecular formula is C16H25N5. The topological polar surface area (TPSA) is 68.8 Å². The maximum atomic E-state index is 5.74. The molecule has 5 heteroatoms. The second-order valence-electron chi connectivity index (χ2n) is 5.64. The van der Waals surface area contributed by atoms with E-state index in [0.717, 1.165) is 25.2 Å². The highest BCUT2D eigenvalue weighted by Gasteiger charge is 2.14. The van der Waals surface area contributed by atoms with Gasteiger partial charge >= 0.3 is 0 Å². The largest absolute Gasteiger partial charge is 0.271 e. The summed E-state index contributed by atoms with van der Waals surface area (Å²) < 4.78 is 1.95. The van der Waals surface area contributed by atoms with Gasteiger partial charge in [0, 0.05) is 13.0 Å². The summed E-state index contributed by atoms with van der Waals surface area (Å²) in [6, 6.07) is 8.66. The lowest BCUT2D eigenvalue weighted by molar-refractivity contribution is 0.499. The number of benzene rings is 1. The van der Waals surface area contributed by atoms with Gasteiger partial charge in [0.2, 0.25) is 0 Å². The molecular weight excluding hydrogens is 262 g/mol. The molecule has 3 N–H and O–H groups in total. The van der Waals surface area contributed by atoms with E-state index in [2.05, 4.69) is 60.5 Å². The van der Waals surface area contributed by atoms with E-state index in [1.54, 1.807) is 6.33 Å². The Morgan fingerprint density at radius 3 is 2.43 bits per heavy atom. The van der Waals surface area contributed by atoms with Gasteiger partial charge in [0.05, 0.1) is 6.04 Å². The molecule has 0 saturated carbocycles. The Bertz CT molecular complexity index is 544. The molecule has 1 heterocycles. The molecule has 2 aromatic rings. The van der Waals surface area contributed by atoms with Crippen molar-refractivity contribution in [2.45, 2.75) is 52.1 Å². The number of nitrogens with two attached hydrogens (primary N) is 1. The fourth-order valence-corrected chi connectivity index (χ4v) is 2.41. The number of hydrazine groups is 1. The van der Waals surface area contributed by atoms with Crippen LogP contribution in [-0.2, 0) is 13.0 Å². The molecule has 1 aromatic carbocycles. The molecule has 0 spiro atoms. The Morgan fingerprint density at radius 1 is 1.19 bits per heavy atom. The average molecular weight is 287 g/mol. The van der Waals surface area contributed by atoms with Crippen molar-refractivity contribution in [2.75, 3.05) is 0 Å². The van der Waals surface area contributed by atoms with Gasteiger partial charge in [0.15, 0.2) is 0 Å². The van der Waals surface area contributed by atoms with Crippen LogP contribution in [0, 0.1) is 0 Å². The summed E-state index contributed by atoms with van der Waals surface area (Å²) in [6.45, 7) is 7.41. The van der Waals surface area contributed by atoms with Gasteiger partial charge in [-0.2, -0.15) is 5.10 Å². The van der Waals surface area contributed by atoms with Crippen molar-refractivity contribution < 1.29 is 0 Å². The normalized spacial score (nSPS) is 12.8. The van der Waals surface area contributed by atoms with E-state index in [-0.39, 0.29) is 6.04 Å². The number of aryl methyl sites for hydroxylation is 1. The molecule has 0 aliphatic heterocycles. The number of rotatable bonds is 7. The number of nitrogens with zero attached hydrogens (tertiary/aromatic N) is 3. The maximum absolute atomic E-state index is 5.74. The summed E-state index contributed by atoms with van der Waals surface area (Å²) in [5.41, 5.74) is 5.40. The molecule has 5 nitrogen and oxygen atoms in total. The highest BCUT2D eigenvalue weighted by atomic mass is 15.3. The van der Waals surface area contributed by atoms with E-state index in [1.807, 2.05) is 4.68 Å². The molecule has 0 fully saturated rings. The van der Waals surface area contributed by atoms with Crippen LogP contribution in [0.2, 0.25) is 0 Å². The van der Waals surface area contributed by atoms with Crippen LogP contribution in [0.4, 0.5) is 0 Å². The zero-order valence-corrected chi connectivity index (χ0v) is 13.1. The summed E-state index contributed by atoms with van der Waals surface area (Å²) >= 11 is 0. The van der Waals surface area contributed by atoms with Crippen LogP contribution in [0.15, 0.2) is 30.6 Å². The van der Waals surface area contributed by atoms with Crippen LogP contribution in [0.1, 0.15) is 56.1 Å². The molecule has 0 aliphatic carbocycles. The minimum absolute atomic E-state index is 0.0472. The Labute approximate surface area is 126 Å². The SMILES string of the molecule is CCCn1ncnc1CC(NN)c1ccc(C(C)C)cc1. The Kier molecular flexibility index (Phi) is 5.47. The zero-order valence-electron chi connectivity index (χ0n) is 13.1. The number of hydrogen-bond donors (Lipinski definition) is 2. The Morgan fingerprint density at radius 2 is 1.86 bits per heavy atom. The van der Waals surface area contributed by atoms with E-state index in [1.165, 1.54) is 11.1 Å². The van der Waals surface area contributed by atoms with E-state index >= 15 is 0 Å². The van der Waals surface area contributed by atoms with Gasteiger partial charge in [0.25, 0.3) is 0 Å². The first-order chi connectivity index (χ1) is 10.2. The lowest BCUT2D eigenvalue weighted by Crippen LogP contribution is -2.30. The van der Waals surface area contributed by atoms with Crippen molar-refractivity contribution >= 4 is 0 Å². The molecule has 0 bridgehead atoms. The quantitative estimate of drug-likeness (QED) is 0.606. The van der Waals surface area contributed by atoms with Crippen molar-refractivity contribution in [3.63, 3.8) is 0 Å². The third-order valence-electron chi connectivity index (χ3n) is 3.72. The molecule has 0 amide bonds. The fraction of sp³-hybridized carbons (Fsp3) is 0.500. The van der Waals surface area contributed by atoms with Crippen LogP contribution in [0.5, 0.6) is 0 Å². The minimum atomic E-state index is 0.0472. The van der Waals surface area contributed by atoms with Crippen molar-refractivity contribution in [1.82, 2.24) is 20.2 Å². The molecule has 0 aliphatic rings. The molecule has 1 unspecified atom stereocenters. The zero-order chi connectivity index (χ0) is 15.2. The van der Waals surface area contributed by atoms with Gasteiger partial charge in [-0.05, 0) is 23.5 Å². The van der Waals surface area contributed by atoms with Gasteiger partial charge in [-0.1, -0.05) is 45.0 Å². The van der Waals surface area contributed by atoms with Crippen LogP contribution < -0.4 is 11.3 Å². The summed E-state index contributed by atoms with van der Waals surface area (Å²) in [7, 11) is 0. The summed E-state index contributed by atoms with van der Waals surface area (Å²) in [5, 5.41) is 4.26. The van der Waals surface area contributed by atoms with Crippen LogP contribution >= 0.6 is 0 Å². The predicted octanol–water partition coefficient (Wildman–Crippen LogP) is 2.56. The standard InChI is InChI=1S/C16H25N5/c1-4-9-21-16(18-11-19-21)10-15(20-17)14-7-5-13(6-8-14)12(2)3/h5-8,11-12,15,20H,4,9-10,17H2,1-3H3. The first-order valence-corrected chi connectivity index (χ1v) is 7.58. The summed E-state index contributed by atoms with van der Waals surface area (Å²) in [5.74, 6) is 7.24. The number of aromatic nitrogens is 3. The molecule has 1 aromatic heterocycles. The van der Waals surface area contributed by atoms with Gasteiger partial charge in [-0.3, -0.25) is 16.0 Å². The number of hydrogen-bond acceptors (Lipinski definition) is 4. The van der Waals surface area contributed by atoms with Crippen molar-refractivity contribution in [1.29, 1.82) is 0 Å². The predicted molar refractivity (Wildman–Crippen MR) is 84.6 cm³/mol. The van der Waals surface area contributed by atoms with Crippen LogP contribution in [-0.4, -0.2) is 14.8 Å². The van der Waals surface area contributed by atoms with Gasteiger partial charge in [-0.25, -0.2) is 4.98 Å². The number of nitrogens with one attached hydrogen (secondary N) is 1. The molecule has 2 rings (SSSR count). The molecule has 1 atom stereocenters. The van der Waals surface area contributed by atoms with Gasteiger partial charge in [-0.15, -0.1) is 0 Å². The van der Waals surface area contributed by atoms with E-state index < -0.39 is 0 Å². The second kappa shape index (κ2) is 7.33. The highest BCUT2D eigenvalue weighted by molar-refractivity contribution is 5.27. The summed E-state index contributed by atoms with van der Waals surface area (Å²) in [6.07, 6.45) is 3.39. The minimum Gasteiger partial charge on any atom is -0.271 e. The first-order valence-electron chi connectivity index (χ1n) is 7.58. The van der Waals surface area contributed by atoms with E-state index in [4.69, 9.17) is 5.84 Å². The monoisotopic (exact) mass is 287 g/mol. The van der Waals surface area contributed by atoms with Crippen molar-refractivity contribution in [3.05, 3.63) is 47.5 Å². The fourth-order valence-electron chi connectivity index (χ4n) is 2.41. The van der Waals surface area contributed by atoms with Crippen LogP contribution in [0.3, 0.4) is 0 Å². The maximum Gasteiger partial charge on any atom is 0.138 e. The molecule has 0 saturated heterocycles. The molecule has 114 valence electrons. The van der Waals surface area contributed by atoms with E-state index in [0.29, 0.717) is 5.92 Å². The molecule has 0 radical (unpaired) electrons. The van der Waals surface area contributed by atoms with Crippen LogP contribution in [0.25, 0.3) is 0 Å². The average Bonchev–Trinajstić information content (AvgIpc) is 2.92. The Hall–Kier alpha value is -1.72. The lowest BCUT2D eigenvalue weighted by Gasteiger charge is -2.17. The second-order valence-corrected chi connectivity index (χ2v) is 5.64. The highest BCUT2D eigenvalue weighted by Crippen LogP contribution is 2.20. The van der Waals surface area contributed by atoms with Gasteiger partial charge < -0.3 is 0 Å². The lowest BCUT2D eigenvalue weighted by atomic mass is 9.98. The first kappa shape index (κ1) is 15.7. The Balaban J connectivity index is 2.13. The third kappa shape index (κ3) is 3.89. The smallest absolute Gasteiger partial charge is 0.138 e. The summed E-state index contributed by atoms with van der Waals surface area (Å²) in [4.78, 5) is 4.35. The van der Waals surface area contributed by atoms with Gasteiger partial charge in [0.1, 0.15) is 12.2 Å².